The summed E-state index contributed by atoms with van der Waals surface area (Å²) in [4.78, 5) is 35.7. The Bertz CT molecular complexity index is 2290. The molecule has 5 N–H and O–H groups in total. The van der Waals surface area contributed by atoms with Crippen molar-refractivity contribution in [2.24, 2.45) is 5.92 Å². The molecule has 0 unspecified atom stereocenters. The number of benzene rings is 3. The van der Waals surface area contributed by atoms with Crippen LogP contribution in [-0.2, 0) is 28.9 Å². The van der Waals surface area contributed by atoms with Crippen molar-refractivity contribution in [2.45, 2.75) is 114 Å². The van der Waals surface area contributed by atoms with Crippen molar-refractivity contribution in [3.63, 3.8) is 0 Å². The zero-order chi connectivity index (χ0) is 38.9. The van der Waals surface area contributed by atoms with Gasteiger partial charge in [0.1, 0.15) is 23.1 Å². The van der Waals surface area contributed by atoms with Gasteiger partial charge < -0.3 is 30.2 Å². The molecule has 3 aliphatic carbocycles. The molecule has 4 atom stereocenters. The zero-order valence-electron chi connectivity index (χ0n) is 32.6. The maximum absolute atomic E-state index is 14.8. The van der Waals surface area contributed by atoms with Crippen molar-refractivity contribution in [1.82, 2.24) is 9.97 Å². The molecule has 2 aromatic heterocycles. The number of carbonyl (C=O) groups excluding carboxylic acids is 2. The molecule has 1 saturated carbocycles. The lowest BCUT2D eigenvalue weighted by Gasteiger charge is -2.36. The fourth-order valence-corrected chi connectivity index (χ4v) is 10.2. The van der Waals surface area contributed by atoms with E-state index in [1.807, 2.05) is 42.7 Å². The summed E-state index contributed by atoms with van der Waals surface area (Å²) >= 11 is 0. The van der Waals surface area contributed by atoms with E-state index in [9.17, 15) is 19.8 Å². The van der Waals surface area contributed by atoms with Gasteiger partial charge in [0.05, 0.1) is 12.5 Å². The summed E-state index contributed by atoms with van der Waals surface area (Å²) in [5.74, 6) is 1.43. The quantitative estimate of drug-likeness (QED) is 0.0830. The Morgan fingerprint density at radius 2 is 1.61 bits per heavy atom. The van der Waals surface area contributed by atoms with Gasteiger partial charge in [-0.15, -0.1) is 0 Å². The molecule has 9 rings (SSSR count). The predicted molar refractivity (Wildman–Crippen MR) is 223 cm³/mol. The maximum Gasteiger partial charge on any atom is 0.161 e. The lowest BCUT2D eigenvalue weighted by Crippen LogP contribution is -2.36. The van der Waals surface area contributed by atoms with E-state index < -0.39 is 5.92 Å². The van der Waals surface area contributed by atoms with Gasteiger partial charge in [-0.3, -0.25) is 9.59 Å². The number of rotatable bonds is 7. The largest absolute Gasteiger partial charge is 0.508 e. The highest BCUT2D eigenvalue weighted by atomic mass is 16.5. The third-order valence-electron chi connectivity index (χ3n) is 13.0. The fraction of sp³-hybridized carbons (Fsp3) is 0.388. The Labute approximate surface area is 334 Å². The van der Waals surface area contributed by atoms with Gasteiger partial charge in [-0.1, -0.05) is 48.9 Å². The van der Waals surface area contributed by atoms with Crippen LogP contribution in [-0.4, -0.2) is 43.9 Å². The standard InChI is InChI=1S/C49H53N3O5/c53-35-11-6-8-30(26-35)7-1-4-14-40-39-19-21-50-44(39)29-42-43-18-17-38(41-20-22-51-49(41)52-43)33-10-5-9-31(23-33)24-34-25-32(15-16-36(54)28-45(55)47(40)42)27-46(48(34)56)57-37-12-2-3-13-37/h5-6,8-11,19-23,25-27,29,37-38,40,43,47,50-53,56H,1-4,7,12-18,24,28H2/t38-,40+,43-,47-/m0/s1. The summed E-state index contributed by atoms with van der Waals surface area (Å²) in [7, 11) is 0. The van der Waals surface area contributed by atoms with Crippen LogP contribution in [0.5, 0.6) is 17.2 Å². The number of phenolic OH excluding ortho intramolecular Hbond substituents is 2. The SMILES string of the molecule is O=C1CCc2cc(c(O)c(OC3CCCC3)c2)Cc2cccc(c2)[C@@H]2CC[C@H](Nc3[nH]ccc32)C2=Cc3[nH]ccc3[C@@H](CCCCc3cccc(O)c3)[C@@H]2C(=O)C1. The predicted octanol–water partition coefficient (Wildman–Crippen LogP) is 10.1. The zero-order valence-corrected chi connectivity index (χ0v) is 32.6. The molecule has 0 spiro atoms. The number of Topliss-reactive ketones (excluding diaryl/α,β-unsaturated/α-hetero) is 2. The second kappa shape index (κ2) is 16.2. The summed E-state index contributed by atoms with van der Waals surface area (Å²) in [6.45, 7) is 0. The topological polar surface area (TPSA) is 127 Å². The Morgan fingerprint density at radius 3 is 2.49 bits per heavy atom. The lowest BCUT2D eigenvalue weighted by molar-refractivity contribution is -0.129. The molecular formula is C49H53N3O5. The molecule has 8 nitrogen and oxygen atoms in total. The summed E-state index contributed by atoms with van der Waals surface area (Å²) in [6, 6.07) is 24.3. The number of carbonyl (C=O) groups is 2. The van der Waals surface area contributed by atoms with Crippen molar-refractivity contribution >= 4 is 23.5 Å². The monoisotopic (exact) mass is 763 g/mol. The molecule has 0 radical (unpaired) electrons. The lowest BCUT2D eigenvalue weighted by atomic mass is 9.69. The van der Waals surface area contributed by atoms with E-state index in [4.69, 9.17) is 4.74 Å². The Morgan fingerprint density at radius 1 is 0.772 bits per heavy atom. The van der Waals surface area contributed by atoms with Gasteiger partial charge in [-0.05, 0) is 140 Å². The molecule has 5 aromatic rings. The maximum atomic E-state index is 14.8. The molecule has 1 fully saturated rings. The Balaban J connectivity index is 1.08. The summed E-state index contributed by atoms with van der Waals surface area (Å²) < 4.78 is 6.43. The van der Waals surface area contributed by atoms with Crippen LogP contribution in [0.25, 0.3) is 6.08 Å². The van der Waals surface area contributed by atoms with Crippen molar-refractivity contribution < 1.29 is 24.5 Å². The van der Waals surface area contributed by atoms with Gasteiger partial charge in [0.25, 0.3) is 0 Å². The highest BCUT2D eigenvalue weighted by molar-refractivity contribution is 6.02. The minimum Gasteiger partial charge on any atom is -0.508 e. The number of fused-ring (bicyclic) bond motifs is 13. The van der Waals surface area contributed by atoms with Gasteiger partial charge >= 0.3 is 0 Å². The molecule has 294 valence electrons. The van der Waals surface area contributed by atoms with E-state index in [-0.39, 0.29) is 59.9 Å². The first-order chi connectivity index (χ1) is 27.9. The van der Waals surface area contributed by atoms with Crippen LogP contribution >= 0.6 is 0 Å². The molecule has 4 aliphatic rings. The number of unbranched alkanes of at least 4 members (excludes halogenated alkanes) is 1. The second-order valence-corrected chi connectivity index (χ2v) is 16.9. The number of aromatic hydroxyl groups is 2. The molecule has 0 saturated heterocycles. The van der Waals surface area contributed by atoms with E-state index in [0.717, 1.165) is 109 Å². The van der Waals surface area contributed by atoms with Crippen molar-refractivity contribution in [1.29, 1.82) is 0 Å². The number of anilines is 1. The van der Waals surface area contributed by atoms with E-state index in [0.29, 0.717) is 18.6 Å². The second-order valence-electron chi connectivity index (χ2n) is 16.9. The Kier molecular flexibility index (Phi) is 10.5. The number of nitrogens with one attached hydrogen (secondary N) is 3. The molecule has 1 aliphatic heterocycles. The smallest absolute Gasteiger partial charge is 0.161 e. The first-order valence-electron chi connectivity index (χ1n) is 21.1. The van der Waals surface area contributed by atoms with Crippen LogP contribution in [0.15, 0.2) is 90.8 Å². The number of ketones is 2. The third kappa shape index (κ3) is 7.92. The van der Waals surface area contributed by atoms with E-state index in [1.165, 1.54) is 11.1 Å². The van der Waals surface area contributed by atoms with Crippen molar-refractivity contribution in [3.05, 3.63) is 135 Å². The van der Waals surface area contributed by atoms with Gasteiger partial charge in [0.15, 0.2) is 11.5 Å². The minimum absolute atomic E-state index is 0.0177. The number of H-pyrrole nitrogens is 2. The fourth-order valence-electron chi connectivity index (χ4n) is 10.2. The molecule has 6 bridgehead atoms. The van der Waals surface area contributed by atoms with Gasteiger partial charge in [0, 0.05) is 59.9 Å². The number of aromatic nitrogens is 2. The number of aryl methyl sites for hydroxylation is 2. The molecule has 3 aromatic carbocycles. The van der Waals surface area contributed by atoms with Crippen LogP contribution < -0.4 is 10.1 Å². The van der Waals surface area contributed by atoms with Crippen molar-refractivity contribution in [2.75, 3.05) is 5.32 Å². The number of phenols is 2. The van der Waals surface area contributed by atoms with E-state index >= 15 is 0 Å². The molecule has 0 amide bonds. The minimum atomic E-state index is -0.445. The normalized spacial score (nSPS) is 22.4. The summed E-state index contributed by atoms with van der Waals surface area (Å²) in [5, 5.41) is 25.5. The first kappa shape index (κ1) is 37.1. The van der Waals surface area contributed by atoms with Gasteiger partial charge in [0.2, 0.25) is 0 Å². The third-order valence-corrected chi connectivity index (χ3v) is 13.0. The molecule has 3 heterocycles. The van der Waals surface area contributed by atoms with Gasteiger partial charge in [-0.25, -0.2) is 0 Å². The van der Waals surface area contributed by atoms with Crippen LogP contribution in [0.3, 0.4) is 0 Å². The molecule has 57 heavy (non-hydrogen) atoms. The average Bonchev–Trinajstić information content (AvgIpc) is 3.98. The van der Waals surface area contributed by atoms with E-state index in [1.54, 1.807) is 6.07 Å². The first-order valence-corrected chi connectivity index (χ1v) is 21.1. The molecular weight excluding hydrogens is 711 g/mol. The number of aromatic amines is 2. The van der Waals surface area contributed by atoms with Crippen LogP contribution in [0.1, 0.15) is 127 Å². The number of hydrogen-bond acceptors (Lipinski definition) is 6. The highest BCUT2D eigenvalue weighted by Gasteiger charge is 2.41. The van der Waals surface area contributed by atoms with Gasteiger partial charge in [-0.2, -0.15) is 0 Å². The number of hydrogen-bond donors (Lipinski definition) is 5. The van der Waals surface area contributed by atoms with Crippen molar-refractivity contribution in [3.8, 4) is 17.2 Å². The highest BCUT2D eigenvalue weighted by Crippen LogP contribution is 2.47. The van der Waals surface area contributed by atoms with Crippen LogP contribution in [0, 0.1) is 5.92 Å². The van der Waals surface area contributed by atoms with Crippen LogP contribution in [0.2, 0.25) is 0 Å². The average molecular weight is 764 g/mol. The van der Waals surface area contributed by atoms with Crippen LogP contribution in [0.4, 0.5) is 5.82 Å². The van der Waals surface area contributed by atoms with E-state index in [2.05, 4.69) is 57.8 Å². The summed E-state index contributed by atoms with van der Waals surface area (Å²) in [5.41, 5.74) is 9.59. The Hall–Kier alpha value is -5.50. The number of ether oxygens (including phenoxy) is 1. The summed E-state index contributed by atoms with van der Waals surface area (Å²) in [6.07, 6.45) is 16.7. The molecule has 8 heteroatoms.